The van der Waals surface area contributed by atoms with Gasteiger partial charge in [0.15, 0.2) is 5.13 Å². The number of benzene rings is 1. The monoisotopic (exact) mass is 371 g/mol. The van der Waals surface area contributed by atoms with Crippen LogP contribution < -0.4 is 10.6 Å². The molecule has 2 heterocycles. The molecular formula is C16H16F3N3O2S. The van der Waals surface area contributed by atoms with E-state index >= 15 is 0 Å². The van der Waals surface area contributed by atoms with E-state index in [-0.39, 0.29) is 11.0 Å². The van der Waals surface area contributed by atoms with E-state index in [1.54, 1.807) is 18.2 Å². The van der Waals surface area contributed by atoms with Gasteiger partial charge in [0.05, 0.1) is 6.20 Å². The Morgan fingerprint density at radius 1 is 1.40 bits per heavy atom. The molecule has 1 aliphatic heterocycles. The first kappa shape index (κ1) is 17.7. The normalized spacial score (nSPS) is 17.5. The predicted molar refractivity (Wildman–Crippen MR) is 88.5 cm³/mol. The van der Waals surface area contributed by atoms with Gasteiger partial charge in [-0.25, -0.2) is 4.98 Å². The molecule has 2 N–H and O–H groups in total. The molecule has 0 bridgehead atoms. The van der Waals surface area contributed by atoms with Crippen molar-refractivity contribution < 1.29 is 22.7 Å². The van der Waals surface area contributed by atoms with E-state index in [1.807, 2.05) is 6.07 Å². The second-order valence-electron chi connectivity index (χ2n) is 5.57. The highest BCUT2D eigenvalue weighted by atomic mass is 32.1. The van der Waals surface area contributed by atoms with Gasteiger partial charge in [0.25, 0.3) is 5.91 Å². The number of alkyl halides is 3. The van der Waals surface area contributed by atoms with E-state index in [0.717, 1.165) is 18.2 Å². The number of anilines is 2. The molecule has 1 aliphatic rings. The molecule has 1 aromatic carbocycles. The average molecular weight is 371 g/mol. The van der Waals surface area contributed by atoms with Crippen LogP contribution in [0.4, 0.5) is 24.0 Å². The van der Waals surface area contributed by atoms with Gasteiger partial charge in [0.1, 0.15) is 11.0 Å². The summed E-state index contributed by atoms with van der Waals surface area (Å²) in [6, 6.07) is 7.09. The van der Waals surface area contributed by atoms with E-state index < -0.39 is 17.2 Å². The minimum atomic E-state index is -4.38. The SMILES string of the molecule is O=C(Nc1cccc(CNc2ncc(C(F)(F)F)s2)c1)C1CCCO1. The van der Waals surface area contributed by atoms with Crippen molar-refractivity contribution in [2.75, 3.05) is 17.2 Å². The van der Waals surface area contributed by atoms with Crippen molar-refractivity contribution in [2.45, 2.75) is 31.7 Å². The molecule has 1 amide bonds. The van der Waals surface area contributed by atoms with Crippen LogP contribution in [0.1, 0.15) is 23.3 Å². The Morgan fingerprint density at radius 2 is 2.24 bits per heavy atom. The molecule has 1 aromatic heterocycles. The fourth-order valence-electron chi connectivity index (χ4n) is 2.43. The molecule has 3 rings (SSSR count). The van der Waals surface area contributed by atoms with E-state index in [4.69, 9.17) is 4.74 Å². The number of amides is 1. The third-order valence-corrected chi connectivity index (χ3v) is 4.65. The maximum absolute atomic E-state index is 12.6. The number of ether oxygens (including phenoxy) is 1. The van der Waals surface area contributed by atoms with Gasteiger partial charge >= 0.3 is 6.18 Å². The van der Waals surface area contributed by atoms with Gasteiger partial charge in [-0.1, -0.05) is 23.5 Å². The molecule has 1 fully saturated rings. The Hall–Kier alpha value is -2.13. The van der Waals surface area contributed by atoms with Crippen molar-refractivity contribution >= 4 is 28.1 Å². The van der Waals surface area contributed by atoms with Crippen molar-refractivity contribution in [3.63, 3.8) is 0 Å². The number of carbonyl (C=O) groups is 1. The third kappa shape index (κ3) is 4.70. The van der Waals surface area contributed by atoms with Crippen LogP contribution >= 0.6 is 11.3 Å². The molecule has 0 aliphatic carbocycles. The number of carbonyl (C=O) groups excluding carboxylic acids is 1. The quantitative estimate of drug-likeness (QED) is 0.837. The summed E-state index contributed by atoms with van der Waals surface area (Å²) in [6.07, 6.45) is -2.41. The fourth-order valence-corrected chi connectivity index (χ4v) is 3.11. The standard InChI is InChI=1S/C16H16F3N3O2S/c17-16(18,19)13-9-21-15(25-13)20-8-10-3-1-4-11(7-10)22-14(23)12-5-2-6-24-12/h1,3-4,7,9,12H,2,5-6,8H2,(H,20,21)(H,22,23). The van der Waals surface area contributed by atoms with E-state index in [2.05, 4.69) is 15.6 Å². The van der Waals surface area contributed by atoms with Crippen molar-refractivity contribution in [3.8, 4) is 0 Å². The summed E-state index contributed by atoms with van der Waals surface area (Å²) in [5.41, 5.74) is 1.43. The number of nitrogens with one attached hydrogen (secondary N) is 2. The number of nitrogens with zero attached hydrogens (tertiary/aromatic N) is 1. The molecule has 1 saturated heterocycles. The first-order valence-electron chi connectivity index (χ1n) is 7.70. The number of hydrogen-bond acceptors (Lipinski definition) is 5. The first-order valence-corrected chi connectivity index (χ1v) is 8.52. The largest absolute Gasteiger partial charge is 0.427 e. The molecule has 25 heavy (non-hydrogen) atoms. The summed E-state index contributed by atoms with van der Waals surface area (Å²) in [7, 11) is 0. The lowest BCUT2D eigenvalue weighted by atomic mass is 10.2. The lowest BCUT2D eigenvalue weighted by Crippen LogP contribution is -2.26. The number of thiazole rings is 1. The molecule has 1 atom stereocenters. The zero-order valence-corrected chi connectivity index (χ0v) is 13.9. The first-order chi connectivity index (χ1) is 11.9. The summed E-state index contributed by atoms with van der Waals surface area (Å²) in [6.45, 7) is 0.893. The molecule has 9 heteroatoms. The van der Waals surface area contributed by atoms with Crippen LogP contribution in [0.15, 0.2) is 30.5 Å². The maximum atomic E-state index is 12.6. The van der Waals surface area contributed by atoms with Crippen molar-refractivity contribution in [1.29, 1.82) is 0 Å². The van der Waals surface area contributed by atoms with Gasteiger partial charge in [-0.2, -0.15) is 13.2 Å². The average Bonchev–Trinajstić information content (AvgIpc) is 3.24. The number of hydrogen-bond donors (Lipinski definition) is 2. The molecule has 0 saturated carbocycles. The Labute approximate surface area is 146 Å². The highest BCUT2D eigenvalue weighted by molar-refractivity contribution is 7.15. The van der Waals surface area contributed by atoms with Crippen LogP contribution in [-0.4, -0.2) is 23.6 Å². The molecule has 0 radical (unpaired) electrons. The van der Waals surface area contributed by atoms with Crippen molar-refractivity contribution in [3.05, 3.63) is 40.9 Å². The minimum Gasteiger partial charge on any atom is -0.368 e. The summed E-state index contributed by atoms with van der Waals surface area (Å²) in [5, 5.41) is 5.85. The van der Waals surface area contributed by atoms with Crippen LogP contribution in [-0.2, 0) is 22.3 Å². The van der Waals surface area contributed by atoms with E-state index in [0.29, 0.717) is 36.6 Å². The van der Waals surface area contributed by atoms with Crippen LogP contribution in [0.25, 0.3) is 0 Å². The Kier molecular flexibility index (Phi) is 5.24. The van der Waals surface area contributed by atoms with Crippen LogP contribution in [0.3, 0.4) is 0 Å². The lowest BCUT2D eigenvalue weighted by Gasteiger charge is -2.11. The van der Waals surface area contributed by atoms with Crippen LogP contribution in [0.2, 0.25) is 0 Å². The van der Waals surface area contributed by atoms with E-state index in [9.17, 15) is 18.0 Å². The van der Waals surface area contributed by atoms with Crippen LogP contribution in [0.5, 0.6) is 0 Å². The summed E-state index contributed by atoms with van der Waals surface area (Å²) >= 11 is 0.557. The Bertz CT molecular complexity index is 742. The number of aromatic nitrogens is 1. The van der Waals surface area contributed by atoms with Crippen LogP contribution in [0, 0.1) is 0 Å². The summed E-state index contributed by atoms with van der Waals surface area (Å²) in [4.78, 5) is 15.0. The predicted octanol–water partition coefficient (Wildman–Crippen LogP) is 3.89. The second kappa shape index (κ2) is 7.40. The third-order valence-electron chi connectivity index (χ3n) is 3.65. The zero-order valence-electron chi connectivity index (χ0n) is 13.1. The molecule has 1 unspecified atom stereocenters. The van der Waals surface area contributed by atoms with Gasteiger partial charge in [0.2, 0.25) is 0 Å². The zero-order chi connectivity index (χ0) is 17.9. The topological polar surface area (TPSA) is 63.2 Å². The van der Waals surface area contributed by atoms with Gasteiger partial charge in [-0.3, -0.25) is 4.79 Å². The lowest BCUT2D eigenvalue weighted by molar-refractivity contribution is -0.134. The molecule has 0 spiro atoms. The molecule has 5 nitrogen and oxygen atoms in total. The second-order valence-corrected chi connectivity index (χ2v) is 6.60. The molecule has 2 aromatic rings. The molecule has 134 valence electrons. The Balaban J connectivity index is 1.58. The summed E-state index contributed by atoms with van der Waals surface area (Å²) < 4.78 is 43.0. The van der Waals surface area contributed by atoms with Crippen molar-refractivity contribution in [1.82, 2.24) is 4.98 Å². The highest BCUT2D eigenvalue weighted by Gasteiger charge is 2.33. The Morgan fingerprint density at radius 3 is 2.92 bits per heavy atom. The number of rotatable bonds is 5. The fraction of sp³-hybridized carbons (Fsp3) is 0.375. The maximum Gasteiger partial charge on any atom is 0.427 e. The van der Waals surface area contributed by atoms with Gasteiger partial charge in [-0.05, 0) is 30.5 Å². The summed E-state index contributed by atoms with van der Waals surface area (Å²) in [5.74, 6) is -0.183. The van der Waals surface area contributed by atoms with Gasteiger partial charge in [0, 0.05) is 18.8 Å². The number of halogens is 3. The van der Waals surface area contributed by atoms with E-state index in [1.165, 1.54) is 0 Å². The van der Waals surface area contributed by atoms with Gasteiger partial charge < -0.3 is 15.4 Å². The molecular weight excluding hydrogens is 355 g/mol. The smallest absolute Gasteiger partial charge is 0.368 e. The minimum absolute atomic E-state index is 0.183. The van der Waals surface area contributed by atoms with Gasteiger partial charge in [-0.15, -0.1) is 0 Å². The highest BCUT2D eigenvalue weighted by Crippen LogP contribution is 2.35. The van der Waals surface area contributed by atoms with Crippen molar-refractivity contribution in [2.24, 2.45) is 0 Å².